The summed E-state index contributed by atoms with van der Waals surface area (Å²) in [5.74, 6) is 1.52. The molecule has 0 aliphatic carbocycles. The number of aromatic nitrogens is 2. The van der Waals surface area contributed by atoms with Crippen molar-refractivity contribution >= 4 is 21.8 Å². The van der Waals surface area contributed by atoms with Gasteiger partial charge in [-0.15, -0.1) is 0 Å². The average molecular weight is 446 g/mol. The van der Waals surface area contributed by atoms with Crippen molar-refractivity contribution in [3.8, 4) is 0 Å². The molecule has 2 aliphatic rings. The third-order valence-corrected chi connectivity index (χ3v) is 7.91. The highest BCUT2D eigenvalue weighted by atomic mass is 32.2. The Morgan fingerprint density at radius 2 is 1.74 bits per heavy atom. The predicted molar refractivity (Wildman–Crippen MR) is 121 cm³/mol. The van der Waals surface area contributed by atoms with Crippen molar-refractivity contribution in [3.05, 3.63) is 41.1 Å². The lowest BCUT2D eigenvalue weighted by Crippen LogP contribution is -2.41. The molecular weight excluding hydrogens is 414 g/mol. The van der Waals surface area contributed by atoms with Crippen molar-refractivity contribution in [1.29, 1.82) is 0 Å². The number of aryl methyl sites for hydroxylation is 1. The van der Waals surface area contributed by atoms with Gasteiger partial charge >= 0.3 is 0 Å². The molecule has 1 aromatic carbocycles. The molecule has 0 amide bonds. The maximum Gasteiger partial charge on any atom is 0.243 e. The minimum absolute atomic E-state index is 0.223. The van der Waals surface area contributed by atoms with Crippen LogP contribution in [-0.2, 0) is 27.7 Å². The predicted octanol–water partition coefficient (Wildman–Crippen LogP) is 2.21. The average Bonchev–Trinajstić information content (AvgIpc) is 2.78. The third kappa shape index (κ3) is 4.40. The van der Waals surface area contributed by atoms with Crippen LogP contribution in [0, 0.1) is 6.92 Å². The maximum absolute atomic E-state index is 13.3. The van der Waals surface area contributed by atoms with Crippen LogP contribution in [0.25, 0.3) is 0 Å². The van der Waals surface area contributed by atoms with Crippen molar-refractivity contribution in [1.82, 2.24) is 14.3 Å². The van der Waals surface area contributed by atoms with Crippen LogP contribution >= 0.6 is 0 Å². The summed E-state index contributed by atoms with van der Waals surface area (Å²) in [7, 11) is -1.58. The van der Waals surface area contributed by atoms with Gasteiger partial charge in [-0.05, 0) is 32.9 Å². The highest BCUT2D eigenvalue weighted by Crippen LogP contribution is 2.32. The van der Waals surface area contributed by atoms with Gasteiger partial charge in [0, 0.05) is 51.3 Å². The molecule has 0 radical (unpaired) electrons. The zero-order chi connectivity index (χ0) is 22.2. The Labute approximate surface area is 184 Å². The fraction of sp³-hybridized carbons (Fsp3) is 0.545. The Morgan fingerprint density at radius 1 is 1.06 bits per heavy atom. The van der Waals surface area contributed by atoms with E-state index in [1.165, 1.54) is 0 Å². The number of sulfonamides is 1. The molecule has 4 rings (SSSR count). The number of fused-ring (bicyclic) bond motifs is 1. The monoisotopic (exact) mass is 445 g/mol. The topological polar surface area (TPSA) is 78.9 Å². The van der Waals surface area contributed by atoms with Crippen LogP contribution in [0.5, 0.6) is 0 Å². The lowest BCUT2D eigenvalue weighted by atomic mass is 10.1. The van der Waals surface area contributed by atoms with Crippen LogP contribution in [0.1, 0.15) is 30.7 Å². The maximum atomic E-state index is 13.3. The van der Waals surface area contributed by atoms with Gasteiger partial charge in [-0.1, -0.05) is 17.7 Å². The second-order valence-electron chi connectivity index (χ2n) is 8.48. The summed E-state index contributed by atoms with van der Waals surface area (Å²) >= 11 is 0. The summed E-state index contributed by atoms with van der Waals surface area (Å²) in [6, 6.07) is 7.25. The van der Waals surface area contributed by atoms with E-state index in [2.05, 4.69) is 23.6 Å². The first-order valence-corrected chi connectivity index (χ1v) is 12.2. The van der Waals surface area contributed by atoms with E-state index in [1.54, 1.807) is 16.4 Å². The van der Waals surface area contributed by atoms with E-state index in [-0.39, 0.29) is 12.6 Å². The van der Waals surface area contributed by atoms with Crippen LogP contribution in [-0.4, -0.2) is 68.6 Å². The quantitative estimate of drug-likeness (QED) is 0.698. The lowest BCUT2D eigenvalue weighted by molar-refractivity contribution is 0.122. The molecule has 1 aromatic heterocycles. The van der Waals surface area contributed by atoms with Gasteiger partial charge in [0.2, 0.25) is 16.0 Å². The summed E-state index contributed by atoms with van der Waals surface area (Å²) in [5, 5.41) is 0. The lowest BCUT2D eigenvalue weighted by Gasteiger charge is -2.34. The Morgan fingerprint density at radius 3 is 2.39 bits per heavy atom. The molecule has 2 aliphatic heterocycles. The Kier molecular flexibility index (Phi) is 6.18. The highest BCUT2D eigenvalue weighted by molar-refractivity contribution is 7.89. The number of rotatable bonds is 5. The van der Waals surface area contributed by atoms with Gasteiger partial charge < -0.3 is 14.5 Å². The minimum Gasteiger partial charge on any atom is -0.378 e. The SMILES string of the molecule is Cc1ccc(S(=O)(=O)N2CCc3nc(N4CCOCC4)nc(N(C)C(C)C)c3C2)cc1. The number of hydrogen-bond donors (Lipinski definition) is 0. The Balaban J connectivity index is 1.71. The van der Waals surface area contributed by atoms with Crippen LogP contribution in [0.2, 0.25) is 0 Å². The van der Waals surface area contributed by atoms with Crippen LogP contribution in [0.3, 0.4) is 0 Å². The third-order valence-electron chi connectivity index (χ3n) is 6.05. The molecule has 8 nitrogen and oxygen atoms in total. The zero-order valence-electron chi connectivity index (χ0n) is 18.7. The summed E-state index contributed by atoms with van der Waals surface area (Å²) in [6.45, 7) is 9.70. The molecule has 168 valence electrons. The molecule has 2 aromatic rings. The number of morpholine rings is 1. The molecule has 31 heavy (non-hydrogen) atoms. The molecule has 9 heteroatoms. The molecule has 1 fully saturated rings. The number of benzene rings is 1. The van der Waals surface area contributed by atoms with E-state index in [0.29, 0.717) is 37.0 Å². The highest BCUT2D eigenvalue weighted by Gasteiger charge is 2.33. The van der Waals surface area contributed by atoms with E-state index in [9.17, 15) is 8.42 Å². The number of ether oxygens (including phenoxy) is 1. The van der Waals surface area contributed by atoms with Gasteiger partial charge in [-0.3, -0.25) is 0 Å². The fourth-order valence-corrected chi connectivity index (χ4v) is 5.27. The molecule has 1 saturated heterocycles. The molecule has 0 bridgehead atoms. The second kappa shape index (κ2) is 8.72. The zero-order valence-corrected chi connectivity index (χ0v) is 19.5. The molecule has 3 heterocycles. The summed E-state index contributed by atoms with van der Waals surface area (Å²) < 4.78 is 33.6. The van der Waals surface area contributed by atoms with Gasteiger partial charge in [0.25, 0.3) is 0 Å². The van der Waals surface area contributed by atoms with Crippen molar-refractivity contribution in [3.63, 3.8) is 0 Å². The Bertz CT molecular complexity index is 1030. The van der Waals surface area contributed by atoms with E-state index in [1.807, 2.05) is 26.1 Å². The Hall–Kier alpha value is -2.23. The van der Waals surface area contributed by atoms with Crippen molar-refractivity contribution in [2.75, 3.05) is 49.7 Å². The summed E-state index contributed by atoms with van der Waals surface area (Å²) in [6.07, 6.45) is 0.569. The smallest absolute Gasteiger partial charge is 0.243 e. The summed E-state index contributed by atoms with van der Waals surface area (Å²) in [5.41, 5.74) is 2.87. The molecule has 0 saturated carbocycles. The number of nitrogens with zero attached hydrogens (tertiary/aromatic N) is 5. The molecule has 0 N–H and O–H groups in total. The first kappa shape index (κ1) is 22.0. The van der Waals surface area contributed by atoms with Crippen LogP contribution in [0.4, 0.5) is 11.8 Å². The van der Waals surface area contributed by atoms with Crippen molar-refractivity contribution < 1.29 is 13.2 Å². The van der Waals surface area contributed by atoms with Gasteiger partial charge in [0.05, 0.1) is 23.8 Å². The number of anilines is 2. The van der Waals surface area contributed by atoms with Crippen molar-refractivity contribution in [2.24, 2.45) is 0 Å². The normalized spacial score (nSPS) is 17.6. The summed E-state index contributed by atoms with van der Waals surface area (Å²) in [4.78, 5) is 14.3. The molecule has 0 spiro atoms. The molecule has 0 atom stereocenters. The molecule has 0 unspecified atom stereocenters. The van der Waals surface area contributed by atoms with Gasteiger partial charge in [-0.25, -0.2) is 13.4 Å². The fourth-order valence-electron chi connectivity index (χ4n) is 3.86. The van der Waals surface area contributed by atoms with Crippen LogP contribution < -0.4 is 9.80 Å². The van der Waals surface area contributed by atoms with Crippen LogP contribution in [0.15, 0.2) is 29.2 Å². The van der Waals surface area contributed by atoms with E-state index in [0.717, 1.165) is 35.7 Å². The first-order chi connectivity index (χ1) is 14.8. The first-order valence-electron chi connectivity index (χ1n) is 10.8. The van der Waals surface area contributed by atoms with Gasteiger partial charge in [0.1, 0.15) is 5.82 Å². The van der Waals surface area contributed by atoms with E-state index < -0.39 is 10.0 Å². The van der Waals surface area contributed by atoms with Gasteiger partial charge in [0.15, 0.2) is 0 Å². The van der Waals surface area contributed by atoms with Crippen molar-refractivity contribution in [2.45, 2.75) is 44.7 Å². The van der Waals surface area contributed by atoms with E-state index >= 15 is 0 Å². The molecular formula is C22H31N5O3S. The number of hydrogen-bond acceptors (Lipinski definition) is 7. The standard InChI is InChI=1S/C22H31N5O3S/c1-16(2)25(4)21-19-15-27(31(28,29)18-7-5-17(3)6-8-18)10-9-20(19)23-22(24-21)26-11-13-30-14-12-26/h5-8,16H,9-15H2,1-4H3. The minimum atomic E-state index is -3.58. The second-order valence-corrected chi connectivity index (χ2v) is 10.4. The van der Waals surface area contributed by atoms with E-state index in [4.69, 9.17) is 14.7 Å². The largest absolute Gasteiger partial charge is 0.378 e. The van der Waals surface area contributed by atoms with Gasteiger partial charge in [-0.2, -0.15) is 9.29 Å².